The number of amides is 3. The van der Waals surface area contributed by atoms with Gasteiger partial charge in [-0.15, -0.1) is 0 Å². The Morgan fingerprint density at radius 3 is 2.37 bits per heavy atom. The topological polar surface area (TPSA) is 165 Å². The first kappa shape index (κ1) is 36.8. The zero-order valence-electron chi connectivity index (χ0n) is 29.5. The monoisotopic (exact) mass is 769 g/mol. The molecule has 1 aliphatic carbocycles. The Bertz CT molecular complexity index is 2350. The highest BCUT2D eigenvalue weighted by atomic mass is 35.5. The molecular formula is C39H37Cl2N7O6. The number of hydrogen-bond acceptors (Lipinski definition) is 9. The first-order valence-electron chi connectivity index (χ1n) is 17.4. The Hall–Kier alpha value is -5.50. The molecule has 4 heterocycles. The van der Waals surface area contributed by atoms with Gasteiger partial charge < -0.3 is 25.4 Å². The van der Waals surface area contributed by atoms with Gasteiger partial charge in [-0.3, -0.25) is 24.1 Å². The normalized spacial score (nSPS) is 15.8. The summed E-state index contributed by atoms with van der Waals surface area (Å²) in [6.45, 7) is 0.473. The average molecular weight is 771 g/mol. The first-order chi connectivity index (χ1) is 26.1. The van der Waals surface area contributed by atoms with Crippen LogP contribution in [0, 0.1) is 0 Å². The molecule has 4 N–H and O–H groups in total. The highest BCUT2D eigenvalue weighted by Gasteiger charge is 2.49. The van der Waals surface area contributed by atoms with Gasteiger partial charge in [0.2, 0.25) is 17.7 Å². The van der Waals surface area contributed by atoms with Crippen molar-refractivity contribution >= 4 is 46.8 Å². The SMILES string of the molecule is CNC(=O)C1(NCc2cc(=O)n3ccc(-c4cccc(-c5cccc(-c6ccc(COC(=O)NCC7CCC(=O)N7)c(OC)n6)c5Cl)c4Cl)cc3n2)CC1. The van der Waals surface area contributed by atoms with E-state index in [1.165, 1.54) is 17.6 Å². The number of ether oxygens (including phenoxy) is 2. The van der Waals surface area contributed by atoms with Gasteiger partial charge in [-0.05, 0) is 49.1 Å². The molecule has 1 atom stereocenters. The molecule has 0 spiro atoms. The average Bonchev–Trinajstić information content (AvgIpc) is 3.87. The van der Waals surface area contributed by atoms with Crippen molar-refractivity contribution in [2.24, 2.45) is 0 Å². The van der Waals surface area contributed by atoms with Gasteiger partial charge in [0, 0.05) is 67.1 Å². The highest BCUT2D eigenvalue weighted by molar-refractivity contribution is 6.39. The molecule has 13 nitrogen and oxygen atoms in total. The van der Waals surface area contributed by atoms with Crippen LogP contribution in [-0.2, 0) is 27.5 Å². The molecular weight excluding hydrogens is 733 g/mol. The number of fused-ring (bicyclic) bond motifs is 1. The molecule has 2 aliphatic rings. The Morgan fingerprint density at radius 1 is 0.963 bits per heavy atom. The van der Waals surface area contributed by atoms with Crippen molar-refractivity contribution < 1.29 is 23.9 Å². The van der Waals surface area contributed by atoms with Gasteiger partial charge in [0.1, 0.15) is 12.3 Å². The van der Waals surface area contributed by atoms with Gasteiger partial charge in [-0.25, -0.2) is 14.8 Å². The maximum absolute atomic E-state index is 13.0. The largest absolute Gasteiger partial charge is 0.481 e. The van der Waals surface area contributed by atoms with Crippen molar-refractivity contribution in [1.82, 2.24) is 35.6 Å². The second-order valence-corrected chi connectivity index (χ2v) is 14.0. The van der Waals surface area contributed by atoms with Crippen molar-refractivity contribution in [2.45, 2.75) is 50.4 Å². The predicted molar refractivity (Wildman–Crippen MR) is 204 cm³/mol. The maximum atomic E-state index is 13.0. The van der Waals surface area contributed by atoms with Gasteiger partial charge in [0.05, 0.1) is 39.6 Å². The number of methoxy groups -OCH3 is 1. The molecule has 7 rings (SSSR count). The summed E-state index contributed by atoms with van der Waals surface area (Å²) in [6, 6.07) is 19.7. The van der Waals surface area contributed by atoms with Crippen molar-refractivity contribution in [3.05, 3.63) is 105 Å². The summed E-state index contributed by atoms with van der Waals surface area (Å²) in [4.78, 5) is 58.4. The number of carbonyl (C=O) groups is 3. The number of alkyl carbamates (subject to hydrolysis) is 1. The lowest BCUT2D eigenvalue weighted by molar-refractivity contribution is -0.123. The standard InChI is InChI=1S/C39H37Cl2N7O6/c1-42-37(51)39(14-15-39)44-20-25-18-33(50)48-16-13-22(17-31(48)45-25)26-5-3-6-27(34(26)40)28-7-4-8-29(35(28)41)30-11-9-23(36(47-30)53-2)21-54-38(52)43-19-24-10-12-32(49)46-24/h3-9,11,13,16-18,24,44H,10,12,14-15,19-21H2,1-2H3,(H,42,51)(H,43,52)(H,46,49). The molecule has 3 amide bonds. The lowest BCUT2D eigenvalue weighted by atomic mass is 9.97. The summed E-state index contributed by atoms with van der Waals surface area (Å²) in [5.74, 6) is 0.166. The Kier molecular flexibility index (Phi) is 10.5. The molecule has 15 heteroatoms. The van der Waals surface area contributed by atoms with Crippen LogP contribution in [0.2, 0.25) is 10.0 Å². The van der Waals surface area contributed by atoms with Crippen LogP contribution in [0.5, 0.6) is 5.88 Å². The summed E-state index contributed by atoms with van der Waals surface area (Å²) < 4.78 is 12.4. The Balaban J connectivity index is 1.11. The van der Waals surface area contributed by atoms with E-state index >= 15 is 0 Å². The molecule has 1 unspecified atom stereocenters. The fourth-order valence-electron chi connectivity index (χ4n) is 6.56. The molecule has 5 aromatic rings. The number of pyridine rings is 2. The van der Waals surface area contributed by atoms with E-state index in [-0.39, 0.29) is 49.0 Å². The summed E-state index contributed by atoms with van der Waals surface area (Å²) in [5, 5.41) is 12.3. The molecule has 2 fully saturated rings. The van der Waals surface area contributed by atoms with E-state index < -0.39 is 11.6 Å². The van der Waals surface area contributed by atoms with Gasteiger partial charge in [0.15, 0.2) is 0 Å². The number of nitrogens with one attached hydrogen (secondary N) is 4. The van der Waals surface area contributed by atoms with Crippen molar-refractivity contribution in [1.29, 1.82) is 0 Å². The van der Waals surface area contributed by atoms with Crippen LogP contribution in [0.3, 0.4) is 0 Å². The molecule has 2 aromatic carbocycles. The van der Waals surface area contributed by atoms with Crippen molar-refractivity contribution in [3.8, 4) is 39.4 Å². The van der Waals surface area contributed by atoms with E-state index in [4.69, 9.17) is 37.7 Å². The molecule has 1 saturated carbocycles. The third-order valence-electron chi connectivity index (χ3n) is 9.68. The molecule has 1 aliphatic heterocycles. The van der Waals surface area contributed by atoms with Crippen LogP contribution < -0.4 is 31.6 Å². The molecule has 54 heavy (non-hydrogen) atoms. The smallest absolute Gasteiger partial charge is 0.407 e. The van der Waals surface area contributed by atoms with Crippen LogP contribution >= 0.6 is 23.2 Å². The number of aromatic nitrogens is 3. The second kappa shape index (κ2) is 15.5. The number of nitrogens with zero attached hydrogens (tertiary/aromatic N) is 3. The summed E-state index contributed by atoms with van der Waals surface area (Å²) in [6.07, 6.45) is 3.61. The quantitative estimate of drug-likeness (QED) is 0.132. The molecule has 1 saturated heterocycles. The zero-order valence-corrected chi connectivity index (χ0v) is 31.0. The number of hydrogen-bond donors (Lipinski definition) is 4. The molecule has 0 radical (unpaired) electrons. The summed E-state index contributed by atoms with van der Waals surface area (Å²) >= 11 is 14.2. The number of halogens is 2. The van der Waals surface area contributed by atoms with Gasteiger partial charge in [-0.1, -0.05) is 59.6 Å². The van der Waals surface area contributed by atoms with E-state index in [0.717, 1.165) is 18.4 Å². The van der Waals surface area contributed by atoms with Crippen molar-refractivity contribution in [2.75, 3.05) is 20.7 Å². The second-order valence-electron chi connectivity index (χ2n) is 13.2. The molecule has 278 valence electrons. The van der Waals surface area contributed by atoms with E-state index in [1.807, 2.05) is 42.5 Å². The highest BCUT2D eigenvalue weighted by Crippen LogP contribution is 2.42. The van der Waals surface area contributed by atoms with E-state index in [1.54, 1.807) is 31.4 Å². The van der Waals surface area contributed by atoms with Crippen LogP contribution in [0.15, 0.2) is 77.7 Å². The number of rotatable bonds is 12. The first-order valence-corrected chi connectivity index (χ1v) is 18.2. The van der Waals surface area contributed by atoms with Crippen LogP contribution in [0.1, 0.15) is 36.9 Å². The third kappa shape index (κ3) is 7.61. The Labute approximate surface area is 320 Å². The lowest BCUT2D eigenvalue weighted by Gasteiger charge is -2.16. The minimum atomic E-state index is -0.617. The Morgan fingerprint density at radius 2 is 1.69 bits per heavy atom. The van der Waals surface area contributed by atoms with Crippen LogP contribution in [0.4, 0.5) is 4.79 Å². The fourth-order valence-corrected chi connectivity index (χ4v) is 7.22. The number of benzene rings is 2. The van der Waals surface area contributed by atoms with E-state index in [0.29, 0.717) is 67.7 Å². The number of likely N-dealkylation sites (N-methyl/N-ethyl adjacent to an activating group) is 1. The third-order valence-corrected chi connectivity index (χ3v) is 10.5. The minimum absolute atomic E-state index is 0.0289. The fraction of sp³-hybridized carbons (Fsp3) is 0.282. The van der Waals surface area contributed by atoms with Crippen LogP contribution in [0.25, 0.3) is 39.2 Å². The van der Waals surface area contributed by atoms with E-state index in [9.17, 15) is 19.2 Å². The molecule has 3 aromatic heterocycles. The van der Waals surface area contributed by atoms with Gasteiger partial charge in [0.25, 0.3) is 5.56 Å². The minimum Gasteiger partial charge on any atom is -0.481 e. The van der Waals surface area contributed by atoms with E-state index in [2.05, 4.69) is 26.3 Å². The molecule has 0 bridgehead atoms. The maximum Gasteiger partial charge on any atom is 0.407 e. The zero-order chi connectivity index (χ0) is 38.0. The summed E-state index contributed by atoms with van der Waals surface area (Å²) in [5.41, 5.74) is 4.68. The lowest BCUT2D eigenvalue weighted by Crippen LogP contribution is -2.45. The predicted octanol–water partition coefficient (Wildman–Crippen LogP) is 5.28. The van der Waals surface area contributed by atoms with Crippen LogP contribution in [-0.4, -0.2) is 64.6 Å². The summed E-state index contributed by atoms with van der Waals surface area (Å²) in [7, 11) is 3.09. The van der Waals surface area contributed by atoms with Crippen molar-refractivity contribution in [3.63, 3.8) is 0 Å². The number of carbonyl (C=O) groups excluding carboxylic acids is 3. The van der Waals surface area contributed by atoms with Gasteiger partial charge in [-0.2, -0.15) is 0 Å². The van der Waals surface area contributed by atoms with Gasteiger partial charge >= 0.3 is 6.09 Å².